The summed E-state index contributed by atoms with van der Waals surface area (Å²) in [5, 5.41) is 5.70. The molecule has 0 aliphatic heterocycles. The maximum atomic E-state index is 12.5. The first-order valence-corrected chi connectivity index (χ1v) is 13.0. The minimum atomic E-state index is -0.0135. The van der Waals surface area contributed by atoms with Crippen LogP contribution in [0.1, 0.15) is 68.6 Å². The topological polar surface area (TPSA) is 59.8 Å². The monoisotopic (exact) mass is 448 g/mol. The number of rotatable bonds is 3. The fourth-order valence-electron chi connectivity index (χ4n) is 7.71. The van der Waals surface area contributed by atoms with Crippen molar-refractivity contribution in [2.75, 3.05) is 0 Å². The molecule has 4 aliphatic rings. The number of hydrogen-bond donors (Lipinski definition) is 1. The third-order valence-corrected chi connectivity index (χ3v) is 10.2. The molecule has 2 saturated carbocycles. The molecular formula is C26H32N4OS. The van der Waals surface area contributed by atoms with Gasteiger partial charge in [-0.15, -0.1) is 11.3 Å². The molecule has 0 saturated heterocycles. The van der Waals surface area contributed by atoms with Gasteiger partial charge in [0.25, 0.3) is 5.91 Å². The van der Waals surface area contributed by atoms with Crippen molar-refractivity contribution in [2.45, 2.75) is 64.8 Å². The predicted octanol–water partition coefficient (Wildman–Crippen LogP) is 5.55. The van der Waals surface area contributed by atoms with Crippen LogP contribution in [0.4, 0.5) is 0 Å². The lowest BCUT2D eigenvalue weighted by Crippen LogP contribution is -2.51. The third kappa shape index (κ3) is 2.98. The lowest BCUT2D eigenvalue weighted by molar-refractivity contribution is -0.0137. The second-order valence-electron chi connectivity index (χ2n) is 10.8. The molecule has 0 aromatic carbocycles. The fraction of sp³-hybridized carbons (Fsp3) is 0.577. The highest BCUT2D eigenvalue weighted by atomic mass is 32.1. The Bertz CT molecular complexity index is 1070. The Morgan fingerprint density at radius 1 is 1.12 bits per heavy atom. The van der Waals surface area contributed by atoms with Gasteiger partial charge in [-0.3, -0.25) is 4.79 Å². The van der Waals surface area contributed by atoms with E-state index < -0.39 is 0 Å². The lowest BCUT2D eigenvalue weighted by atomic mass is 9.47. The molecule has 0 spiro atoms. The van der Waals surface area contributed by atoms with E-state index in [1.54, 1.807) is 11.8 Å². The molecule has 2 fully saturated rings. The number of amides is 1. The summed E-state index contributed by atoms with van der Waals surface area (Å²) in [5.74, 6) is 2.21. The summed E-state index contributed by atoms with van der Waals surface area (Å²) in [4.78, 5) is 21.0. The molecule has 2 aromatic heterocycles. The Labute approximate surface area is 194 Å². The Hall–Kier alpha value is -2.21. The first-order valence-electron chi connectivity index (χ1n) is 12.1. The quantitative estimate of drug-likeness (QED) is 0.626. The van der Waals surface area contributed by atoms with Crippen molar-refractivity contribution in [3.63, 3.8) is 0 Å². The molecule has 168 valence electrons. The maximum Gasteiger partial charge on any atom is 0.280 e. The maximum absolute atomic E-state index is 12.5. The Morgan fingerprint density at radius 3 is 2.78 bits per heavy atom. The van der Waals surface area contributed by atoms with Gasteiger partial charge in [0.1, 0.15) is 0 Å². The summed E-state index contributed by atoms with van der Waals surface area (Å²) in [6, 6.07) is 0.233. The molecule has 6 atom stereocenters. The van der Waals surface area contributed by atoms with Crippen LogP contribution in [-0.2, 0) is 0 Å². The highest BCUT2D eigenvalue weighted by Gasteiger charge is 2.57. The largest absolute Gasteiger partial charge is 0.347 e. The van der Waals surface area contributed by atoms with Crippen molar-refractivity contribution in [1.82, 2.24) is 19.9 Å². The van der Waals surface area contributed by atoms with Crippen molar-refractivity contribution in [2.24, 2.45) is 28.6 Å². The molecule has 0 radical (unpaired) electrons. The molecule has 4 aliphatic carbocycles. The van der Waals surface area contributed by atoms with Gasteiger partial charge in [-0.25, -0.2) is 9.97 Å². The zero-order chi connectivity index (χ0) is 21.9. The zero-order valence-electron chi connectivity index (χ0n) is 19.0. The Balaban J connectivity index is 1.21. The minimum absolute atomic E-state index is 0.0135. The van der Waals surface area contributed by atoms with Crippen LogP contribution < -0.4 is 5.32 Å². The van der Waals surface area contributed by atoms with Crippen LogP contribution in [0, 0.1) is 28.6 Å². The highest BCUT2D eigenvalue weighted by molar-refractivity contribution is 7.11. The molecule has 2 aromatic rings. The van der Waals surface area contributed by atoms with E-state index >= 15 is 0 Å². The number of nitrogens with one attached hydrogen (secondary N) is 1. The molecule has 5 nitrogen and oxygen atoms in total. The van der Waals surface area contributed by atoms with E-state index in [4.69, 9.17) is 0 Å². The summed E-state index contributed by atoms with van der Waals surface area (Å²) >= 11 is 1.42. The third-order valence-electron chi connectivity index (χ3n) is 9.39. The van der Waals surface area contributed by atoms with Crippen LogP contribution in [0.2, 0.25) is 0 Å². The van der Waals surface area contributed by atoms with Gasteiger partial charge >= 0.3 is 0 Å². The summed E-state index contributed by atoms with van der Waals surface area (Å²) in [6.45, 7) is 5.02. The average molecular weight is 449 g/mol. The molecule has 1 amide bonds. The SMILES string of the molecule is C[C@]12CC[C@@H](NC(=O)c3nccs3)CC1=CC[C@@H]1[C@@H]2CC[C@]2(C)C(n3ccnc3)=CC[C@@H]12. The average Bonchev–Trinajstić information content (AvgIpc) is 3.54. The minimum Gasteiger partial charge on any atom is -0.347 e. The summed E-state index contributed by atoms with van der Waals surface area (Å²) in [5.41, 5.74) is 3.60. The number of imidazole rings is 1. The molecule has 0 unspecified atom stereocenters. The summed E-state index contributed by atoms with van der Waals surface area (Å²) < 4.78 is 2.25. The Kier molecular flexibility index (Phi) is 4.72. The predicted molar refractivity (Wildman–Crippen MR) is 127 cm³/mol. The van der Waals surface area contributed by atoms with Gasteiger partial charge in [0.2, 0.25) is 0 Å². The van der Waals surface area contributed by atoms with Crippen LogP contribution in [0.15, 0.2) is 48.0 Å². The van der Waals surface area contributed by atoms with E-state index in [9.17, 15) is 4.79 Å². The second kappa shape index (κ2) is 7.41. The van der Waals surface area contributed by atoms with Crippen LogP contribution in [0.3, 0.4) is 0 Å². The normalized spacial score (nSPS) is 38.2. The molecule has 32 heavy (non-hydrogen) atoms. The number of carbonyl (C=O) groups is 1. The number of fused-ring (bicyclic) bond motifs is 5. The van der Waals surface area contributed by atoms with Gasteiger partial charge in [-0.2, -0.15) is 0 Å². The van der Waals surface area contributed by atoms with E-state index in [-0.39, 0.29) is 22.8 Å². The molecule has 2 heterocycles. The van der Waals surface area contributed by atoms with E-state index in [1.807, 2.05) is 17.9 Å². The van der Waals surface area contributed by atoms with Crippen molar-refractivity contribution in [1.29, 1.82) is 0 Å². The summed E-state index contributed by atoms with van der Waals surface area (Å²) in [7, 11) is 0. The number of hydrogen-bond acceptors (Lipinski definition) is 4. The van der Waals surface area contributed by atoms with E-state index in [1.165, 1.54) is 49.1 Å². The van der Waals surface area contributed by atoms with Crippen LogP contribution in [0.5, 0.6) is 0 Å². The number of aromatic nitrogens is 3. The fourth-order valence-corrected chi connectivity index (χ4v) is 8.25. The number of nitrogens with zero attached hydrogens (tertiary/aromatic N) is 3. The number of allylic oxidation sites excluding steroid dienone is 3. The molecule has 6 heteroatoms. The van der Waals surface area contributed by atoms with Gasteiger partial charge in [-0.05, 0) is 68.1 Å². The molecule has 0 bridgehead atoms. The summed E-state index contributed by atoms with van der Waals surface area (Å²) in [6.07, 6.45) is 20.9. The smallest absolute Gasteiger partial charge is 0.280 e. The lowest BCUT2D eigenvalue weighted by Gasteiger charge is -2.58. The van der Waals surface area contributed by atoms with Gasteiger partial charge < -0.3 is 9.88 Å². The van der Waals surface area contributed by atoms with Gasteiger partial charge in [0.05, 0.1) is 6.33 Å². The Morgan fingerprint density at radius 2 is 2.00 bits per heavy atom. The molecule has 6 rings (SSSR count). The second-order valence-corrected chi connectivity index (χ2v) is 11.7. The molecule has 1 N–H and O–H groups in total. The van der Waals surface area contributed by atoms with Gasteiger partial charge in [0.15, 0.2) is 5.01 Å². The molecular weight excluding hydrogens is 416 g/mol. The standard InChI is InChI=1S/C26H32N4OS/c1-25-9-7-18(29-23(31)24-28-12-14-32-24)15-17(25)3-4-19-20-5-6-22(30-13-11-27-16-30)26(20,2)10-8-21(19)25/h3,6,11-14,16,18-21H,4-5,7-10,15H2,1-2H3,(H,29,31)/t18-,19+,20+,21+,25+,26+/m1/s1. The van der Waals surface area contributed by atoms with Gasteiger partial charge in [-0.1, -0.05) is 31.6 Å². The first kappa shape index (κ1) is 20.4. The van der Waals surface area contributed by atoms with Crippen LogP contribution in [-0.4, -0.2) is 26.5 Å². The van der Waals surface area contributed by atoms with Crippen molar-refractivity contribution in [3.05, 3.63) is 53.0 Å². The number of carbonyl (C=O) groups excluding carboxylic acids is 1. The van der Waals surface area contributed by atoms with Crippen molar-refractivity contribution in [3.8, 4) is 0 Å². The zero-order valence-corrected chi connectivity index (χ0v) is 19.8. The van der Waals surface area contributed by atoms with Crippen molar-refractivity contribution >= 4 is 22.9 Å². The van der Waals surface area contributed by atoms with E-state index in [2.05, 4.69) is 52.0 Å². The van der Waals surface area contributed by atoms with Crippen molar-refractivity contribution < 1.29 is 4.79 Å². The first-order chi connectivity index (χ1) is 15.5. The van der Waals surface area contributed by atoms with Crippen LogP contribution >= 0.6 is 11.3 Å². The van der Waals surface area contributed by atoms with E-state index in [0.717, 1.165) is 30.6 Å². The van der Waals surface area contributed by atoms with Crippen LogP contribution in [0.25, 0.3) is 5.70 Å². The highest BCUT2D eigenvalue weighted by Crippen LogP contribution is 2.65. The van der Waals surface area contributed by atoms with Gasteiger partial charge in [0, 0.05) is 41.1 Å². The van der Waals surface area contributed by atoms with E-state index in [0.29, 0.717) is 5.01 Å². The number of thiazole rings is 1.